The predicted octanol–water partition coefficient (Wildman–Crippen LogP) is 4.03. The molecule has 0 N–H and O–H groups in total. The highest BCUT2D eigenvalue weighted by Gasteiger charge is 2.31. The molecule has 0 aromatic heterocycles. The van der Waals surface area contributed by atoms with Crippen molar-refractivity contribution in [1.82, 2.24) is 4.90 Å². The van der Waals surface area contributed by atoms with E-state index in [2.05, 4.69) is 0 Å². The Kier molecular flexibility index (Phi) is 8.79. The Balaban J connectivity index is 2.05. The number of ether oxygens (including phenoxy) is 3. The van der Waals surface area contributed by atoms with Crippen LogP contribution in [0.2, 0.25) is 0 Å². The third-order valence-corrected chi connectivity index (χ3v) is 5.27. The summed E-state index contributed by atoms with van der Waals surface area (Å²) in [6.07, 6.45) is 3.47. The van der Waals surface area contributed by atoms with Crippen LogP contribution in [0.4, 0.5) is 0 Å². The second-order valence-corrected chi connectivity index (χ2v) is 7.68. The Morgan fingerprint density at radius 2 is 2.07 bits per heavy atom. The maximum Gasteiger partial charge on any atom is 0.305 e. The van der Waals surface area contributed by atoms with Gasteiger partial charge >= 0.3 is 5.97 Å². The van der Waals surface area contributed by atoms with Crippen molar-refractivity contribution in [3.8, 4) is 11.5 Å². The molecule has 0 saturated carbocycles. The van der Waals surface area contributed by atoms with Crippen LogP contribution in [0, 0.1) is 0 Å². The number of hydrogen-bond donors (Lipinski definition) is 0. The molecule has 1 aliphatic rings. The summed E-state index contributed by atoms with van der Waals surface area (Å²) in [7, 11) is 1.58. The number of carbonyl (C=O) groups excluding carboxylic acids is 2. The Morgan fingerprint density at radius 1 is 1.29 bits per heavy atom. The van der Waals surface area contributed by atoms with Crippen LogP contribution in [-0.4, -0.2) is 48.0 Å². The summed E-state index contributed by atoms with van der Waals surface area (Å²) in [4.78, 5) is 26.2. The molecule has 0 bridgehead atoms. The van der Waals surface area contributed by atoms with Crippen molar-refractivity contribution < 1.29 is 23.8 Å². The van der Waals surface area contributed by atoms with E-state index in [-0.39, 0.29) is 18.3 Å². The van der Waals surface area contributed by atoms with Gasteiger partial charge < -0.3 is 14.2 Å². The van der Waals surface area contributed by atoms with Crippen LogP contribution in [0.5, 0.6) is 11.5 Å². The molecule has 1 fully saturated rings. The minimum Gasteiger partial charge on any atom is -0.493 e. The first-order valence-electron chi connectivity index (χ1n) is 9.22. The Morgan fingerprint density at radius 3 is 2.75 bits per heavy atom. The third kappa shape index (κ3) is 5.97. The molecule has 1 saturated heterocycles. The molecule has 1 aliphatic heterocycles. The van der Waals surface area contributed by atoms with Crippen molar-refractivity contribution in [2.75, 3.05) is 26.9 Å². The molecule has 1 aromatic rings. The molecule has 8 heteroatoms. The highest BCUT2D eigenvalue weighted by Crippen LogP contribution is 2.35. The van der Waals surface area contributed by atoms with Crippen molar-refractivity contribution in [1.29, 1.82) is 0 Å². The highest BCUT2D eigenvalue weighted by atomic mass is 32.2. The minimum absolute atomic E-state index is 0.149. The normalized spacial score (nSPS) is 15.2. The number of thiocarbonyl (C=S) groups is 1. The zero-order valence-electron chi connectivity index (χ0n) is 16.4. The van der Waals surface area contributed by atoms with Crippen molar-refractivity contribution in [2.45, 2.75) is 33.1 Å². The van der Waals surface area contributed by atoms with E-state index in [0.29, 0.717) is 46.9 Å². The molecule has 0 aliphatic carbocycles. The summed E-state index contributed by atoms with van der Waals surface area (Å²) in [6, 6.07) is 5.54. The Labute approximate surface area is 175 Å². The van der Waals surface area contributed by atoms with Crippen molar-refractivity contribution in [2.24, 2.45) is 0 Å². The van der Waals surface area contributed by atoms with Crippen LogP contribution in [0.25, 0.3) is 6.08 Å². The highest BCUT2D eigenvalue weighted by molar-refractivity contribution is 8.26. The van der Waals surface area contributed by atoms with Gasteiger partial charge in [-0.1, -0.05) is 37.0 Å². The second kappa shape index (κ2) is 11.1. The number of hydrogen-bond acceptors (Lipinski definition) is 7. The van der Waals surface area contributed by atoms with Crippen LogP contribution < -0.4 is 9.47 Å². The summed E-state index contributed by atoms with van der Waals surface area (Å²) >= 11 is 6.58. The maximum atomic E-state index is 12.7. The van der Waals surface area contributed by atoms with Gasteiger partial charge in [-0.25, -0.2) is 0 Å². The van der Waals surface area contributed by atoms with E-state index in [4.69, 9.17) is 26.4 Å². The van der Waals surface area contributed by atoms with Gasteiger partial charge in [-0.3, -0.25) is 14.5 Å². The zero-order valence-corrected chi connectivity index (χ0v) is 18.0. The predicted molar refractivity (Wildman–Crippen MR) is 115 cm³/mol. The quantitative estimate of drug-likeness (QED) is 0.320. The fourth-order valence-electron chi connectivity index (χ4n) is 2.56. The van der Waals surface area contributed by atoms with Crippen LogP contribution in [0.15, 0.2) is 23.1 Å². The van der Waals surface area contributed by atoms with E-state index < -0.39 is 0 Å². The first-order valence-corrected chi connectivity index (χ1v) is 10.4. The molecule has 1 aromatic carbocycles. The number of benzene rings is 1. The smallest absolute Gasteiger partial charge is 0.305 e. The standard InChI is InChI=1S/C20H25NO5S2/c1-4-11-26-15-9-8-14(12-16(15)24-3)13-17-19(23)21(20(27)28-17)10-6-7-18(22)25-5-2/h8-9,12-13H,4-7,10-11H2,1-3H3/b17-13-. The van der Waals surface area contributed by atoms with Crippen LogP contribution >= 0.6 is 24.0 Å². The van der Waals surface area contributed by atoms with Crippen molar-refractivity contribution >= 4 is 46.3 Å². The third-order valence-electron chi connectivity index (χ3n) is 3.89. The van der Waals surface area contributed by atoms with Gasteiger partial charge in [0, 0.05) is 13.0 Å². The van der Waals surface area contributed by atoms with E-state index in [0.717, 1.165) is 12.0 Å². The molecule has 1 amide bonds. The number of carbonyl (C=O) groups is 2. The van der Waals surface area contributed by atoms with E-state index in [9.17, 15) is 9.59 Å². The molecular formula is C20H25NO5S2. The average Bonchev–Trinajstić information content (AvgIpc) is 2.94. The molecule has 0 unspecified atom stereocenters. The molecule has 2 rings (SSSR count). The lowest BCUT2D eigenvalue weighted by Crippen LogP contribution is -2.29. The number of nitrogens with zero attached hydrogens (tertiary/aromatic N) is 1. The molecule has 1 heterocycles. The van der Waals surface area contributed by atoms with Gasteiger partial charge in [0.15, 0.2) is 11.5 Å². The van der Waals surface area contributed by atoms with Gasteiger partial charge in [0.2, 0.25) is 0 Å². The summed E-state index contributed by atoms with van der Waals surface area (Å²) in [5.41, 5.74) is 0.827. The molecule has 0 atom stereocenters. The largest absolute Gasteiger partial charge is 0.493 e. The Hall–Kier alpha value is -2.06. The van der Waals surface area contributed by atoms with Crippen LogP contribution in [-0.2, 0) is 14.3 Å². The fourth-order valence-corrected chi connectivity index (χ4v) is 3.87. The summed E-state index contributed by atoms with van der Waals surface area (Å²) in [6.45, 7) is 5.17. The Bertz CT molecular complexity index is 763. The van der Waals surface area contributed by atoms with Crippen LogP contribution in [0.3, 0.4) is 0 Å². The summed E-state index contributed by atoms with van der Waals surface area (Å²) in [5.74, 6) is 0.880. The summed E-state index contributed by atoms with van der Waals surface area (Å²) in [5, 5.41) is 0. The average molecular weight is 424 g/mol. The maximum absolute atomic E-state index is 12.7. The number of amides is 1. The van der Waals surface area contributed by atoms with E-state index in [1.165, 1.54) is 16.7 Å². The van der Waals surface area contributed by atoms with Crippen molar-refractivity contribution in [3.05, 3.63) is 28.7 Å². The second-order valence-electron chi connectivity index (χ2n) is 6.00. The number of thioether (sulfide) groups is 1. The van der Waals surface area contributed by atoms with Gasteiger partial charge in [-0.2, -0.15) is 0 Å². The van der Waals surface area contributed by atoms with Crippen molar-refractivity contribution in [3.63, 3.8) is 0 Å². The molecule has 28 heavy (non-hydrogen) atoms. The number of esters is 1. The number of rotatable bonds is 10. The van der Waals surface area contributed by atoms with Gasteiger partial charge in [-0.15, -0.1) is 0 Å². The minimum atomic E-state index is -0.263. The lowest BCUT2D eigenvalue weighted by Gasteiger charge is -2.13. The van der Waals surface area contributed by atoms with Gasteiger partial charge in [0.25, 0.3) is 5.91 Å². The molecule has 0 radical (unpaired) electrons. The lowest BCUT2D eigenvalue weighted by molar-refractivity contribution is -0.143. The van der Waals surface area contributed by atoms with Gasteiger partial charge in [-0.05, 0) is 43.5 Å². The molecule has 152 valence electrons. The molecule has 0 spiro atoms. The monoisotopic (exact) mass is 423 g/mol. The first-order chi connectivity index (χ1) is 13.5. The summed E-state index contributed by atoms with van der Waals surface area (Å²) < 4.78 is 16.4. The van der Waals surface area contributed by atoms with Gasteiger partial charge in [0.1, 0.15) is 4.32 Å². The van der Waals surface area contributed by atoms with E-state index in [1.807, 2.05) is 25.1 Å². The molecule has 6 nitrogen and oxygen atoms in total. The van der Waals surface area contributed by atoms with Gasteiger partial charge in [0.05, 0.1) is 25.2 Å². The van der Waals surface area contributed by atoms with Crippen LogP contribution in [0.1, 0.15) is 38.7 Å². The SMILES string of the molecule is CCCOc1ccc(/C=C2\SC(=S)N(CCCC(=O)OCC)C2=O)cc1OC. The lowest BCUT2D eigenvalue weighted by atomic mass is 10.2. The number of methoxy groups -OCH3 is 1. The fraction of sp³-hybridized carbons (Fsp3) is 0.450. The topological polar surface area (TPSA) is 65.1 Å². The zero-order chi connectivity index (χ0) is 20.5. The van der Waals surface area contributed by atoms with E-state index in [1.54, 1.807) is 20.1 Å². The van der Waals surface area contributed by atoms with E-state index >= 15 is 0 Å². The first kappa shape index (κ1) is 22.2. The molecular weight excluding hydrogens is 398 g/mol.